The van der Waals surface area contributed by atoms with Crippen LogP contribution in [0.4, 0.5) is 4.39 Å². The number of furan rings is 1. The lowest BCUT2D eigenvalue weighted by Gasteiger charge is -2.05. The molecule has 0 aliphatic carbocycles. The molecule has 2 nitrogen and oxygen atoms in total. The second-order valence-electron chi connectivity index (χ2n) is 3.40. The lowest BCUT2D eigenvalue weighted by molar-refractivity contribution is 0.479. The Kier molecular flexibility index (Phi) is 3.74. The van der Waals surface area contributed by atoms with E-state index in [9.17, 15) is 4.39 Å². The molecule has 16 heavy (non-hydrogen) atoms. The van der Waals surface area contributed by atoms with Crippen LogP contribution in [0.5, 0.6) is 0 Å². The number of halogens is 2. The minimum atomic E-state index is -0.213. The molecule has 0 fully saturated rings. The summed E-state index contributed by atoms with van der Waals surface area (Å²) < 4.78 is 19.2. The van der Waals surface area contributed by atoms with Gasteiger partial charge < -0.3 is 9.73 Å². The topological polar surface area (TPSA) is 25.2 Å². The van der Waals surface area contributed by atoms with Crippen LogP contribution in [0.3, 0.4) is 0 Å². The Morgan fingerprint density at radius 1 is 1.19 bits per heavy atom. The minimum Gasteiger partial charge on any atom is -0.468 e. The van der Waals surface area contributed by atoms with Gasteiger partial charge in [-0.2, -0.15) is 0 Å². The van der Waals surface area contributed by atoms with E-state index in [2.05, 4.69) is 21.2 Å². The van der Waals surface area contributed by atoms with Crippen LogP contribution in [-0.4, -0.2) is 0 Å². The standard InChI is InChI=1S/C12H11BrFNO/c13-11-5-1-3-9(12(11)14)7-15-8-10-4-2-6-16-10/h1-6,15H,7-8H2. The highest BCUT2D eigenvalue weighted by molar-refractivity contribution is 9.10. The Bertz CT molecular complexity index is 456. The van der Waals surface area contributed by atoms with Crippen LogP contribution >= 0.6 is 15.9 Å². The average molecular weight is 284 g/mol. The molecule has 1 N–H and O–H groups in total. The molecule has 0 saturated heterocycles. The molecule has 1 heterocycles. The SMILES string of the molecule is Fc1c(Br)cccc1CNCc1ccco1. The maximum Gasteiger partial charge on any atom is 0.141 e. The first-order chi connectivity index (χ1) is 7.77. The smallest absolute Gasteiger partial charge is 0.141 e. The van der Waals surface area contributed by atoms with Crippen LogP contribution in [0.25, 0.3) is 0 Å². The molecule has 0 aliphatic heterocycles. The van der Waals surface area contributed by atoms with Crippen LogP contribution < -0.4 is 5.32 Å². The van der Waals surface area contributed by atoms with Gasteiger partial charge in [-0.15, -0.1) is 0 Å². The Labute approximate surface area is 102 Å². The summed E-state index contributed by atoms with van der Waals surface area (Å²) in [4.78, 5) is 0. The van der Waals surface area contributed by atoms with E-state index in [-0.39, 0.29) is 5.82 Å². The molecule has 0 aliphatic rings. The van der Waals surface area contributed by atoms with Crippen LogP contribution in [0.2, 0.25) is 0 Å². The summed E-state index contributed by atoms with van der Waals surface area (Å²) in [6, 6.07) is 8.97. The van der Waals surface area contributed by atoms with Crippen molar-refractivity contribution in [1.29, 1.82) is 0 Å². The molecule has 1 aromatic carbocycles. The van der Waals surface area contributed by atoms with E-state index in [1.165, 1.54) is 0 Å². The normalized spacial score (nSPS) is 10.6. The van der Waals surface area contributed by atoms with Gasteiger partial charge in [0.25, 0.3) is 0 Å². The van der Waals surface area contributed by atoms with E-state index in [0.717, 1.165) is 5.76 Å². The van der Waals surface area contributed by atoms with Crippen molar-refractivity contribution in [2.24, 2.45) is 0 Å². The molecular formula is C12H11BrFNO. The molecule has 0 spiro atoms. The first kappa shape index (κ1) is 11.4. The zero-order valence-corrected chi connectivity index (χ0v) is 10.1. The molecule has 0 radical (unpaired) electrons. The fourth-order valence-corrected chi connectivity index (χ4v) is 1.83. The van der Waals surface area contributed by atoms with Gasteiger partial charge in [0.05, 0.1) is 17.3 Å². The second-order valence-corrected chi connectivity index (χ2v) is 4.25. The zero-order chi connectivity index (χ0) is 11.4. The van der Waals surface area contributed by atoms with Gasteiger partial charge in [0.2, 0.25) is 0 Å². The van der Waals surface area contributed by atoms with Crippen molar-refractivity contribution in [2.75, 3.05) is 0 Å². The minimum absolute atomic E-state index is 0.213. The number of rotatable bonds is 4. The second kappa shape index (κ2) is 5.27. The highest BCUT2D eigenvalue weighted by Gasteiger charge is 2.05. The highest BCUT2D eigenvalue weighted by atomic mass is 79.9. The van der Waals surface area contributed by atoms with Crippen molar-refractivity contribution < 1.29 is 8.81 Å². The van der Waals surface area contributed by atoms with E-state index in [1.54, 1.807) is 18.4 Å². The summed E-state index contributed by atoms with van der Waals surface area (Å²) in [6.07, 6.45) is 1.62. The molecular weight excluding hydrogens is 273 g/mol. The molecule has 84 valence electrons. The summed E-state index contributed by atoms with van der Waals surface area (Å²) in [5.74, 6) is 0.629. The van der Waals surface area contributed by atoms with Gasteiger partial charge in [-0.3, -0.25) is 0 Å². The van der Waals surface area contributed by atoms with Gasteiger partial charge in [0.15, 0.2) is 0 Å². The van der Waals surface area contributed by atoms with Crippen molar-refractivity contribution in [2.45, 2.75) is 13.1 Å². The third kappa shape index (κ3) is 2.71. The molecule has 0 atom stereocenters. The van der Waals surface area contributed by atoms with Crippen molar-refractivity contribution in [1.82, 2.24) is 5.32 Å². The number of hydrogen-bond acceptors (Lipinski definition) is 2. The zero-order valence-electron chi connectivity index (χ0n) is 8.54. The van der Waals surface area contributed by atoms with E-state index >= 15 is 0 Å². The average Bonchev–Trinajstić information content (AvgIpc) is 2.77. The Balaban J connectivity index is 1.92. The quantitative estimate of drug-likeness (QED) is 0.930. The van der Waals surface area contributed by atoms with Gasteiger partial charge in [-0.1, -0.05) is 12.1 Å². The first-order valence-electron chi connectivity index (χ1n) is 4.93. The lowest BCUT2D eigenvalue weighted by Crippen LogP contribution is -2.13. The van der Waals surface area contributed by atoms with Crippen molar-refractivity contribution in [3.8, 4) is 0 Å². The summed E-state index contributed by atoms with van der Waals surface area (Å²) >= 11 is 3.16. The summed E-state index contributed by atoms with van der Waals surface area (Å²) in [7, 11) is 0. The van der Waals surface area contributed by atoms with E-state index < -0.39 is 0 Å². The molecule has 4 heteroatoms. The molecule has 0 unspecified atom stereocenters. The molecule has 0 bridgehead atoms. The number of benzene rings is 1. The van der Waals surface area contributed by atoms with E-state index in [0.29, 0.717) is 23.1 Å². The number of nitrogens with one attached hydrogen (secondary N) is 1. The van der Waals surface area contributed by atoms with Gasteiger partial charge in [0, 0.05) is 12.1 Å². The van der Waals surface area contributed by atoms with Crippen molar-refractivity contribution in [3.63, 3.8) is 0 Å². The monoisotopic (exact) mass is 283 g/mol. The lowest BCUT2D eigenvalue weighted by atomic mass is 10.2. The molecule has 0 saturated carbocycles. The Morgan fingerprint density at radius 3 is 2.81 bits per heavy atom. The van der Waals surface area contributed by atoms with Gasteiger partial charge in [0.1, 0.15) is 11.6 Å². The summed E-state index contributed by atoms with van der Waals surface area (Å²) in [5, 5.41) is 3.12. The van der Waals surface area contributed by atoms with Crippen LogP contribution in [0.1, 0.15) is 11.3 Å². The van der Waals surface area contributed by atoms with Crippen molar-refractivity contribution in [3.05, 3.63) is 58.2 Å². The van der Waals surface area contributed by atoms with Crippen LogP contribution in [0, 0.1) is 5.82 Å². The number of hydrogen-bond donors (Lipinski definition) is 1. The summed E-state index contributed by atoms with van der Waals surface area (Å²) in [6.45, 7) is 1.07. The van der Waals surface area contributed by atoms with Crippen LogP contribution in [-0.2, 0) is 13.1 Å². The first-order valence-corrected chi connectivity index (χ1v) is 5.72. The molecule has 0 amide bonds. The molecule has 2 aromatic rings. The third-order valence-electron chi connectivity index (χ3n) is 2.23. The predicted molar refractivity (Wildman–Crippen MR) is 63.4 cm³/mol. The fourth-order valence-electron chi connectivity index (χ4n) is 1.42. The summed E-state index contributed by atoms with van der Waals surface area (Å²) in [5.41, 5.74) is 0.640. The van der Waals surface area contributed by atoms with Gasteiger partial charge in [-0.25, -0.2) is 4.39 Å². The van der Waals surface area contributed by atoms with Gasteiger partial charge in [-0.05, 0) is 34.1 Å². The Morgan fingerprint density at radius 2 is 2.06 bits per heavy atom. The van der Waals surface area contributed by atoms with E-state index in [1.807, 2.05) is 18.2 Å². The predicted octanol–water partition coefficient (Wildman–Crippen LogP) is 3.47. The molecule has 1 aromatic heterocycles. The highest BCUT2D eigenvalue weighted by Crippen LogP contribution is 2.18. The fraction of sp³-hybridized carbons (Fsp3) is 0.167. The van der Waals surface area contributed by atoms with Crippen molar-refractivity contribution >= 4 is 15.9 Å². The Hall–Kier alpha value is -1.13. The van der Waals surface area contributed by atoms with Crippen LogP contribution in [0.15, 0.2) is 45.5 Å². The maximum atomic E-state index is 13.6. The van der Waals surface area contributed by atoms with Gasteiger partial charge >= 0.3 is 0 Å². The third-order valence-corrected chi connectivity index (χ3v) is 2.84. The van der Waals surface area contributed by atoms with E-state index in [4.69, 9.17) is 4.42 Å². The largest absolute Gasteiger partial charge is 0.468 e. The molecule has 2 rings (SSSR count). The maximum absolute atomic E-state index is 13.6.